The molecular weight excluding hydrogens is 417 g/mol. The van der Waals surface area contributed by atoms with E-state index in [9.17, 15) is 19.1 Å². The number of hydrogen-bond acceptors (Lipinski definition) is 6. The van der Waals surface area contributed by atoms with Crippen LogP contribution in [-0.2, 0) is 0 Å². The fraction of sp³-hybridized carbons (Fsp3) is 0.318. The van der Waals surface area contributed by atoms with E-state index < -0.39 is 11.8 Å². The van der Waals surface area contributed by atoms with E-state index in [2.05, 4.69) is 15.2 Å². The maximum atomic E-state index is 13.5. The quantitative estimate of drug-likeness (QED) is 0.629. The molecule has 1 aromatic carbocycles. The number of nitrogens with zero attached hydrogens (tertiary/aromatic N) is 5. The molecule has 32 heavy (non-hydrogen) atoms. The number of aromatic carboxylic acids is 1. The first kappa shape index (κ1) is 21.4. The van der Waals surface area contributed by atoms with Crippen LogP contribution in [0.5, 0.6) is 5.88 Å². The maximum Gasteiger partial charge on any atom is 0.335 e. The molecule has 1 aliphatic rings. The van der Waals surface area contributed by atoms with Crippen LogP contribution >= 0.6 is 0 Å². The summed E-state index contributed by atoms with van der Waals surface area (Å²) in [6.07, 6.45) is 5.69. The number of benzene rings is 1. The van der Waals surface area contributed by atoms with Gasteiger partial charge < -0.3 is 14.7 Å². The number of piperidine rings is 1. The molecule has 2 unspecified atom stereocenters. The van der Waals surface area contributed by atoms with Gasteiger partial charge in [0.05, 0.1) is 42.0 Å². The standard InChI is InChI=1S/C22H22FN5O4/c1-14-2-3-15(13-32-20-7-5-17(23)11-24-20)12-27(14)21(29)18-10-16(22(30)31)4-6-19(18)28-25-8-9-26-28/h4-11,14-15H,2-3,12-13H2,1H3,(H,30,31). The summed E-state index contributed by atoms with van der Waals surface area (Å²) in [4.78, 5) is 31.9. The van der Waals surface area contributed by atoms with E-state index in [1.807, 2.05) is 6.92 Å². The minimum absolute atomic E-state index is 0.0104. The Balaban J connectivity index is 1.55. The highest BCUT2D eigenvalue weighted by molar-refractivity contribution is 6.00. The number of likely N-dealkylation sites (tertiary alicyclic amines) is 1. The third-order valence-corrected chi connectivity index (χ3v) is 5.52. The fourth-order valence-corrected chi connectivity index (χ4v) is 3.76. The van der Waals surface area contributed by atoms with Gasteiger partial charge in [0.1, 0.15) is 5.82 Å². The number of carboxylic acid groups (broad SMARTS) is 1. The number of ether oxygens (including phenoxy) is 1. The summed E-state index contributed by atoms with van der Waals surface area (Å²) in [7, 11) is 0. The largest absolute Gasteiger partial charge is 0.478 e. The summed E-state index contributed by atoms with van der Waals surface area (Å²) in [5.41, 5.74) is 0.636. The molecule has 2 aromatic heterocycles. The fourth-order valence-electron chi connectivity index (χ4n) is 3.76. The average Bonchev–Trinajstić information content (AvgIpc) is 3.33. The van der Waals surface area contributed by atoms with Gasteiger partial charge in [-0.3, -0.25) is 4.79 Å². The van der Waals surface area contributed by atoms with Gasteiger partial charge in [-0.1, -0.05) is 0 Å². The number of carboxylic acids is 1. The van der Waals surface area contributed by atoms with Gasteiger partial charge in [0.25, 0.3) is 5.91 Å². The normalized spacial score (nSPS) is 18.4. The van der Waals surface area contributed by atoms with Crippen molar-refractivity contribution in [1.82, 2.24) is 24.9 Å². The summed E-state index contributed by atoms with van der Waals surface area (Å²) < 4.78 is 18.7. The molecule has 1 amide bonds. The molecule has 9 nitrogen and oxygen atoms in total. The highest BCUT2D eigenvalue weighted by atomic mass is 19.1. The lowest BCUT2D eigenvalue weighted by molar-refractivity contribution is 0.0502. The first-order valence-electron chi connectivity index (χ1n) is 10.2. The Morgan fingerprint density at radius 3 is 2.66 bits per heavy atom. The zero-order valence-electron chi connectivity index (χ0n) is 17.4. The maximum absolute atomic E-state index is 13.5. The van der Waals surface area contributed by atoms with E-state index in [4.69, 9.17) is 4.74 Å². The van der Waals surface area contributed by atoms with Crippen LogP contribution < -0.4 is 4.74 Å². The molecule has 0 radical (unpaired) electrons. The molecular formula is C22H22FN5O4. The van der Waals surface area contributed by atoms with Crippen LogP contribution in [0.2, 0.25) is 0 Å². The smallest absolute Gasteiger partial charge is 0.335 e. The monoisotopic (exact) mass is 439 g/mol. The molecule has 1 fully saturated rings. The zero-order chi connectivity index (χ0) is 22.7. The van der Waals surface area contributed by atoms with E-state index in [1.165, 1.54) is 47.5 Å². The Labute approximate surface area is 183 Å². The molecule has 1 N–H and O–H groups in total. The minimum atomic E-state index is -1.12. The van der Waals surface area contributed by atoms with Gasteiger partial charge in [0.15, 0.2) is 0 Å². The second-order valence-corrected chi connectivity index (χ2v) is 7.73. The van der Waals surface area contributed by atoms with E-state index in [0.717, 1.165) is 19.0 Å². The highest BCUT2D eigenvalue weighted by Crippen LogP contribution is 2.27. The van der Waals surface area contributed by atoms with Crippen molar-refractivity contribution in [3.8, 4) is 11.6 Å². The molecule has 10 heteroatoms. The van der Waals surface area contributed by atoms with Crippen molar-refractivity contribution >= 4 is 11.9 Å². The van der Waals surface area contributed by atoms with Gasteiger partial charge in [-0.05, 0) is 44.0 Å². The first-order valence-corrected chi connectivity index (χ1v) is 10.2. The van der Waals surface area contributed by atoms with Crippen LogP contribution in [0.1, 0.15) is 40.5 Å². The Bertz CT molecular complexity index is 1100. The summed E-state index contributed by atoms with van der Waals surface area (Å²) in [5, 5.41) is 17.6. The predicted molar refractivity (Wildman–Crippen MR) is 111 cm³/mol. The van der Waals surface area contributed by atoms with E-state index >= 15 is 0 Å². The van der Waals surface area contributed by atoms with Crippen molar-refractivity contribution in [1.29, 1.82) is 0 Å². The molecule has 2 atom stereocenters. The molecule has 1 aliphatic heterocycles. The van der Waals surface area contributed by atoms with Crippen molar-refractivity contribution in [2.24, 2.45) is 5.92 Å². The lowest BCUT2D eigenvalue weighted by Crippen LogP contribution is -2.47. The molecule has 3 aromatic rings. The van der Waals surface area contributed by atoms with Gasteiger partial charge in [0.2, 0.25) is 5.88 Å². The molecule has 166 valence electrons. The first-order chi connectivity index (χ1) is 15.4. The molecule has 0 aliphatic carbocycles. The molecule has 0 saturated carbocycles. The second-order valence-electron chi connectivity index (χ2n) is 7.73. The number of carbonyl (C=O) groups excluding carboxylic acids is 1. The second kappa shape index (κ2) is 9.13. The van der Waals surface area contributed by atoms with Crippen molar-refractivity contribution in [3.05, 3.63) is 65.9 Å². The van der Waals surface area contributed by atoms with Crippen molar-refractivity contribution in [3.63, 3.8) is 0 Å². The summed E-state index contributed by atoms with van der Waals surface area (Å²) in [5.74, 6) is -1.48. The number of amides is 1. The zero-order valence-corrected chi connectivity index (χ0v) is 17.4. The topological polar surface area (TPSA) is 110 Å². The summed E-state index contributed by atoms with van der Waals surface area (Å²) >= 11 is 0. The highest BCUT2D eigenvalue weighted by Gasteiger charge is 2.32. The van der Waals surface area contributed by atoms with Gasteiger partial charge in [-0.2, -0.15) is 15.0 Å². The predicted octanol–water partition coefficient (Wildman–Crippen LogP) is 2.82. The van der Waals surface area contributed by atoms with Crippen molar-refractivity contribution in [2.45, 2.75) is 25.8 Å². The Morgan fingerprint density at radius 2 is 1.97 bits per heavy atom. The number of aromatic nitrogens is 4. The third-order valence-electron chi connectivity index (χ3n) is 5.52. The van der Waals surface area contributed by atoms with Gasteiger partial charge in [0, 0.05) is 24.6 Å². The number of rotatable bonds is 6. The number of pyridine rings is 1. The third kappa shape index (κ3) is 4.58. The van der Waals surface area contributed by atoms with Gasteiger partial charge in [-0.15, -0.1) is 0 Å². The lowest BCUT2D eigenvalue weighted by Gasteiger charge is -2.38. The van der Waals surface area contributed by atoms with E-state index in [0.29, 0.717) is 24.7 Å². The van der Waals surface area contributed by atoms with Crippen LogP contribution in [0.15, 0.2) is 48.9 Å². The number of carbonyl (C=O) groups is 2. The minimum Gasteiger partial charge on any atom is -0.478 e. The Kier molecular flexibility index (Phi) is 6.11. The van der Waals surface area contributed by atoms with E-state index in [1.54, 1.807) is 4.90 Å². The summed E-state index contributed by atoms with van der Waals surface area (Å²) in [6, 6.07) is 7.02. The van der Waals surface area contributed by atoms with E-state index in [-0.39, 0.29) is 29.0 Å². The number of hydrogen-bond donors (Lipinski definition) is 1. The Morgan fingerprint density at radius 1 is 1.19 bits per heavy atom. The van der Waals surface area contributed by atoms with Gasteiger partial charge >= 0.3 is 5.97 Å². The SMILES string of the molecule is CC1CCC(COc2ccc(F)cn2)CN1C(=O)c1cc(C(=O)O)ccc1-n1nccn1. The number of halogens is 1. The lowest BCUT2D eigenvalue weighted by atomic mass is 9.93. The summed E-state index contributed by atoms with van der Waals surface area (Å²) in [6.45, 7) is 2.73. The van der Waals surface area contributed by atoms with Crippen LogP contribution in [0.25, 0.3) is 5.69 Å². The van der Waals surface area contributed by atoms with Crippen LogP contribution in [0, 0.1) is 11.7 Å². The van der Waals surface area contributed by atoms with Crippen LogP contribution in [0.3, 0.4) is 0 Å². The molecule has 4 rings (SSSR count). The molecule has 0 bridgehead atoms. The molecule has 3 heterocycles. The van der Waals surface area contributed by atoms with Crippen LogP contribution in [-0.4, -0.2) is 61.1 Å². The Hall–Kier alpha value is -3.82. The van der Waals surface area contributed by atoms with Gasteiger partial charge in [-0.25, -0.2) is 14.2 Å². The van der Waals surface area contributed by atoms with Crippen molar-refractivity contribution < 1.29 is 23.8 Å². The van der Waals surface area contributed by atoms with Crippen LogP contribution in [0.4, 0.5) is 4.39 Å². The molecule has 0 spiro atoms. The van der Waals surface area contributed by atoms with Crippen molar-refractivity contribution in [2.75, 3.05) is 13.2 Å². The molecule has 1 saturated heterocycles. The average molecular weight is 439 g/mol.